The fraction of sp³-hybridized carbons (Fsp3) is 0.316. The van der Waals surface area contributed by atoms with Crippen LogP contribution in [-0.4, -0.2) is 5.78 Å². The van der Waals surface area contributed by atoms with Gasteiger partial charge in [-0.15, -0.1) is 0 Å². The van der Waals surface area contributed by atoms with E-state index in [0.717, 1.165) is 22.3 Å². The molecule has 0 aliphatic heterocycles. The standard InChI is InChI=1S/C19H20O/c1-13-6-7-14(2)18(10-13)19(20)12-15-8-9-16-4-3-5-17(16)11-15/h6-11H,3-5,12H2,1-2H3. The number of aryl methyl sites for hydroxylation is 4. The van der Waals surface area contributed by atoms with Crippen LogP contribution >= 0.6 is 0 Å². The highest BCUT2D eigenvalue weighted by Crippen LogP contribution is 2.23. The van der Waals surface area contributed by atoms with Gasteiger partial charge in [0.25, 0.3) is 0 Å². The molecular weight excluding hydrogens is 244 g/mol. The molecular formula is C19H20O. The van der Waals surface area contributed by atoms with Crippen LogP contribution in [0.5, 0.6) is 0 Å². The predicted octanol–water partition coefficient (Wildman–Crippen LogP) is 4.22. The van der Waals surface area contributed by atoms with Crippen molar-refractivity contribution in [3.8, 4) is 0 Å². The lowest BCUT2D eigenvalue weighted by Crippen LogP contribution is -2.06. The summed E-state index contributed by atoms with van der Waals surface area (Å²) in [4.78, 5) is 12.5. The van der Waals surface area contributed by atoms with Gasteiger partial charge in [0.05, 0.1) is 0 Å². The van der Waals surface area contributed by atoms with Crippen LogP contribution in [0.1, 0.15) is 44.6 Å². The Bertz CT molecular complexity index is 667. The summed E-state index contributed by atoms with van der Waals surface area (Å²) in [5.41, 5.74) is 7.14. The molecule has 20 heavy (non-hydrogen) atoms. The first-order valence-electron chi connectivity index (χ1n) is 7.34. The lowest BCUT2D eigenvalue weighted by atomic mass is 9.96. The molecule has 102 valence electrons. The average molecular weight is 264 g/mol. The van der Waals surface area contributed by atoms with E-state index in [2.05, 4.69) is 24.3 Å². The smallest absolute Gasteiger partial charge is 0.167 e. The van der Waals surface area contributed by atoms with E-state index >= 15 is 0 Å². The van der Waals surface area contributed by atoms with Crippen molar-refractivity contribution in [2.24, 2.45) is 0 Å². The van der Waals surface area contributed by atoms with E-state index in [9.17, 15) is 4.79 Å². The zero-order valence-corrected chi connectivity index (χ0v) is 12.2. The maximum atomic E-state index is 12.5. The van der Waals surface area contributed by atoms with Gasteiger partial charge in [-0.3, -0.25) is 4.79 Å². The molecule has 0 spiro atoms. The largest absolute Gasteiger partial charge is 0.294 e. The van der Waals surface area contributed by atoms with Gasteiger partial charge in [-0.2, -0.15) is 0 Å². The molecule has 0 saturated heterocycles. The third kappa shape index (κ3) is 2.53. The van der Waals surface area contributed by atoms with Gasteiger partial charge in [0.2, 0.25) is 0 Å². The number of carbonyl (C=O) groups is 1. The minimum atomic E-state index is 0.226. The number of Topliss-reactive ketones (excluding diaryl/α,β-unsaturated/α-hetero) is 1. The molecule has 0 heterocycles. The van der Waals surface area contributed by atoms with E-state index < -0.39 is 0 Å². The molecule has 1 aliphatic carbocycles. The fourth-order valence-electron chi connectivity index (χ4n) is 3.05. The van der Waals surface area contributed by atoms with E-state index in [-0.39, 0.29) is 5.78 Å². The van der Waals surface area contributed by atoms with E-state index in [1.54, 1.807) is 0 Å². The van der Waals surface area contributed by atoms with Crippen LogP contribution in [0, 0.1) is 13.8 Å². The number of rotatable bonds is 3. The molecule has 0 amide bonds. The zero-order valence-electron chi connectivity index (χ0n) is 12.2. The number of benzene rings is 2. The monoisotopic (exact) mass is 264 g/mol. The van der Waals surface area contributed by atoms with Crippen molar-refractivity contribution in [3.05, 3.63) is 69.8 Å². The molecule has 1 heteroatoms. The van der Waals surface area contributed by atoms with Gasteiger partial charge < -0.3 is 0 Å². The van der Waals surface area contributed by atoms with Gasteiger partial charge >= 0.3 is 0 Å². The number of fused-ring (bicyclic) bond motifs is 1. The Morgan fingerprint density at radius 3 is 2.65 bits per heavy atom. The Balaban J connectivity index is 1.84. The summed E-state index contributed by atoms with van der Waals surface area (Å²) in [6, 6.07) is 12.6. The summed E-state index contributed by atoms with van der Waals surface area (Å²) >= 11 is 0. The Morgan fingerprint density at radius 2 is 1.80 bits per heavy atom. The van der Waals surface area contributed by atoms with Crippen molar-refractivity contribution in [2.45, 2.75) is 39.5 Å². The minimum Gasteiger partial charge on any atom is -0.294 e. The molecule has 0 radical (unpaired) electrons. The number of hydrogen-bond donors (Lipinski definition) is 0. The molecule has 0 N–H and O–H groups in total. The van der Waals surface area contributed by atoms with Crippen molar-refractivity contribution in [2.75, 3.05) is 0 Å². The van der Waals surface area contributed by atoms with Gasteiger partial charge in [0.15, 0.2) is 5.78 Å². The molecule has 0 unspecified atom stereocenters. The van der Waals surface area contributed by atoms with Crippen LogP contribution in [0.3, 0.4) is 0 Å². The fourth-order valence-corrected chi connectivity index (χ4v) is 3.05. The van der Waals surface area contributed by atoms with E-state index in [1.165, 1.54) is 30.4 Å². The molecule has 0 bridgehead atoms. The highest BCUT2D eigenvalue weighted by atomic mass is 16.1. The van der Waals surface area contributed by atoms with Crippen LogP contribution in [0.25, 0.3) is 0 Å². The molecule has 0 saturated carbocycles. The Labute approximate surface area is 120 Å². The molecule has 2 aromatic carbocycles. The molecule has 1 nitrogen and oxygen atoms in total. The normalized spacial score (nSPS) is 13.3. The van der Waals surface area contributed by atoms with E-state index in [0.29, 0.717) is 6.42 Å². The maximum Gasteiger partial charge on any atom is 0.167 e. The summed E-state index contributed by atoms with van der Waals surface area (Å²) in [5, 5.41) is 0. The van der Waals surface area contributed by atoms with Gasteiger partial charge in [-0.05, 0) is 61.4 Å². The highest BCUT2D eigenvalue weighted by molar-refractivity contribution is 5.99. The Morgan fingerprint density at radius 1 is 1.00 bits per heavy atom. The average Bonchev–Trinajstić information content (AvgIpc) is 2.89. The first-order chi connectivity index (χ1) is 9.63. The molecule has 2 aromatic rings. The molecule has 3 rings (SSSR count). The molecule has 0 atom stereocenters. The second-order valence-electron chi connectivity index (χ2n) is 5.87. The third-order valence-electron chi connectivity index (χ3n) is 4.22. The quantitative estimate of drug-likeness (QED) is 0.759. The SMILES string of the molecule is Cc1ccc(C)c(C(=O)Cc2ccc3c(c2)CCC3)c1. The topological polar surface area (TPSA) is 17.1 Å². The van der Waals surface area contributed by atoms with Gasteiger partial charge in [-0.1, -0.05) is 35.9 Å². The van der Waals surface area contributed by atoms with E-state index in [4.69, 9.17) is 0 Å². The summed E-state index contributed by atoms with van der Waals surface area (Å²) < 4.78 is 0. The van der Waals surface area contributed by atoms with Crippen molar-refractivity contribution in [3.63, 3.8) is 0 Å². The Hall–Kier alpha value is -1.89. The van der Waals surface area contributed by atoms with Crippen LogP contribution in [0.2, 0.25) is 0 Å². The van der Waals surface area contributed by atoms with Crippen LogP contribution < -0.4 is 0 Å². The first kappa shape index (κ1) is 13.1. The maximum absolute atomic E-state index is 12.5. The summed E-state index contributed by atoms with van der Waals surface area (Å²) in [6.07, 6.45) is 4.13. The number of ketones is 1. The minimum absolute atomic E-state index is 0.226. The lowest BCUT2D eigenvalue weighted by Gasteiger charge is -2.08. The number of hydrogen-bond acceptors (Lipinski definition) is 1. The zero-order chi connectivity index (χ0) is 14.1. The molecule has 0 fully saturated rings. The van der Waals surface area contributed by atoms with E-state index in [1.807, 2.05) is 26.0 Å². The van der Waals surface area contributed by atoms with Crippen molar-refractivity contribution in [1.82, 2.24) is 0 Å². The summed E-state index contributed by atoms with van der Waals surface area (Å²) in [5.74, 6) is 0.226. The number of carbonyl (C=O) groups excluding carboxylic acids is 1. The Kier molecular flexibility index (Phi) is 3.43. The van der Waals surface area contributed by atoms with Crippen LogP contribution in [-0.2, 0) is 19.3 Å². The lowest BCUT2D eigenvalue weighted by molar-refractivity contribution is 0.0992. The predicted molar refractivity (Wildman–Crippen MR) is 82.4 cm³/mol. The van der Waals surface area contributed by atoms with Crippen molar-refractivity contribution in [1.29, 1.82) is 0 Å². The van der Waals surface area contributed by atoms with Crippen molar-refractivity contribution < 1.29 is 4.79 Å². The van der Waals surface area contributed by atoms with Crippen LogP contribution in [0.15, 0.2) is 36.4 Å². The summed E-state index contributed by atoms with van der Waals surface area (Å²) in [6.45, 7) is 4.04. The first-order valence-corrected chi connectivity index (χ1v) is 7.34. The third-order valence-corrected chi connectivity index (χ3v) is 4.22. The van der Waals surface area contributed by atoms with Gasteiger partial charge in [0, 0.05) is 12.0 Å². The second kappa shape index (κ2) is 5.24. The van der Waals surface area contributed by atoms with Gasteiger partial charge in [-0.25, -0.2) is 0 Å². The highest BCUT2D eigenvalue weighted by Gasteiger charge is 2.14. The van der Waals surface area contributed by atoms with Crippen LogP contribution in [0.4, 0.5) is 0 Å². The van der Waals surface area contributed by atoms with Crippen molar-refractivity contribution >= 4 is 5.78 Å². The second-order valence-corrected chi connectivity index (χ2v) is 5.87. The molecule has 0 aromatic heterocycles. The summed E-state index contributed by atoms with van der Waals surface area (Å²) in [7, 11) is 0. The molecule has 1 aliphatic rings. The van der Waals surface area contributed by atoms with Gasteiger partial charge in [0.1, 0.15) is 0 Å².